The standard InChI is InChI=1S/C28H21N3O4/c32-26(29-21-12-14-23(15-13-21)35-22-9-5-2-6-10-22)18-34-28(33)20-11-16-24-25(17-20)31-27(30-24)19-7-3-1-4-8-19/h1-17H,18H2,(H,29,32)(H,30,31). The Kier molecular flexibility index (Phi) is 6.21. The molecule has 4 aromatic carbocycles. The summed E-state index contributed by atoms with van der Waals surface area (Å²) in [5.74, 6) is 1.05. The molecule has 2 N–H and O–H groups in total. The Morgan fingerprint density at radius 3 is 2.23 bits per heavy atom. The number of benzene rings is 4. The number of rotatable bonds is 7. The van der Waals surface area contributed by atoms with Crippen molar-refractivity contribution in [2.45, 2.75) is 0 Å². The first-order valence-corrected chi connectivity index (χ1v) is 11.0. The third kappa shape index (κ3) is 5.36. The van der Waals surface area contributed by atoms with E-state index in [-0.39, 0.29) is 0 Å². The molecule has 5 aromatic rings. The van der Waals surface area contributed by atoms with Gasteiger partial charge in [-0.05, 0) is 54.6 Å². The van der Waals surface area contributed by atoms with Crippen LogP contribution in [0, 0.1) is 0 Å². The Morgan fingerprint density at radius 2 is 1.49 bits per heavy atom. The largest absolute Gasteiger partial charge is 0.457 e. The van der Waals surface area contributed by atoms with E-state index < -0.39 is 18.5 Å². The lowest BCUT2D eigenvalue weighted by molar-refractivity contribution is -0.119. The molecule has 0 aliphatic rings. The van der Waals surface area contributed by atoms with Crippen LogP contribution in [0.1, 0.15) is 10.4 Å². The van der Waals surface area contributed by atoms with Crippen molar-refractivity contribution in [1.29, 1.82) is 0 Å². The van der Waals surface area contributed by atoms with E-state index in [0.717, 1.165) is 16.8 Å². The van der Waals surface area contributed by atoms with E-state index >= 15 is 0 Å². The number of H-pyrrole nitrogens is 1. The van der Waals surface area contributed by atoms with E-state index in [9.17, 15) is 9.59 Å². The van der Waals surface area contributed by atoms with Gasteiger partial charge in [-0.1, -0.05) is 48.5 Å². The van der Waals surface area contributed by atoms with E-state index in [0.29, 0.717) is 28.3 Å². The molecule has 0 unspecified atom stereocenters. The highest BCUT2D eigenvalue weighted by Gasteiger charge is 2.13. The summed E-state index contributed by atoms with van der Waals surface area (Å²) in [6.45, 7) is -0.405. The third-order valence-corrected chi connectivity index (χ3v) is 5.22. The van der Waals surface area contributed by atoms with Gasteiger partial charge in [0.05, 0.1) is 16.6 Å². The van der Waals surface area contributed by atoms with Gasteiger partial charge in [0.25, 0.3) is 5.91 Å². The number of nitrogens with one attached hydrogen (secondary N) is 2. The summed E-state index contributed by atoms with van der Waals surface area (Å²) in [5, 5.41) is 2.70. The van der Waals surface area contributed by atoms with E-state index in [2.05, 4.69) is 15.3 Å². The van der Waals surface area contributed by atoms with Crippen molar-refractivity contribution in [2.75, 3.05) is 11.9 Å². The molecular formula is C28H21N3O4. The van der Waals surface area contributed by atoms with Gasteiger partial charge in [-0.2, -0.15) is 0 Å². The van der Waals surface area contributed by atoms with Gasteiger partial charge in [0, 0.05) is 11.3 Å². The van der Waals surface area contributed by atoms with Crippen molar-refractivity contribution < 1.29 is 19.1 Å². The monoisotopic (exact) mass is 463 g/mol. The van der Waals surface area contributed by atoms with Crippen LogP contribution in [0.25, 0.3) is 22.4 Å². The molecule has 0 saturated carbocycles. The highest BCUT2D eigenvalue weighted by molar-refractivity contribution is 5.97. The number of esters is 1. The van der Waals surface area contributed by atoms with Crippen LogP contribution in [-0.2, 0) is 9.53 Å². The van der Waals surface area contributed by atoms with Gasteiger partial charge in [-0.15, -0.1) is 0 Å². The number of nitrogens with zero attached hydrogens (tertiary/aromatic N) is 1. The molecule has 0 atom stereocenters. The van der Waals surface area contributed by atoms with Gasteiger partial charge < -0.3 is 19.8 Å². The number of aromatic amines is 1. The maximum Gasteiger partial charge on any atom is 0.338 e. The topological polar surface area (TPSA) is 93.3 Å². The Hall–Kier alpha value is -4.91. The third-order valence-electron chi connectivity index (χ3n) is 5.22. The summed E-state index contributed by atoms with van der Waals surface area (Å²) in [4.78, 5) is 32.5. The zero-order chi connectivity index (χ0) is 24.0. The fourth-order valence-corrected chi connectivity index (χ4v) is 3.51. The minimum Gasteiger partial charge on any atom is -0.457 e. The first kappa shape index (κ1) is 21.9. The summed E-state index contributed by atoms with van der Waals surface area (Å²) in [7, 11) is 0. The number of amides is 1. The number of hydrogen-bond acceptors (Lipinski definition) is 5. The van der Waals surface area contributed by atoms with E-state index in [1.807, 2.05) is 60.7 Å². The van der Waals surface area contributed by atoms with Crippen molar-refractivity contribution in [3.63, 3.8) is 0 Å². The van der Waals surface area contributed by atoms with Gasteiger partial charge in [0.15, 0.2) is 6.61 Å². The number of imidazole rings is 1. The molecule has 1 amide bonds. The second-order valence-electron chi connectivity index (χ2n) is 7.75. The lowest BCUT2D eigenvalue weighted by atomic mass is 10.2. The summed E-state index contributed by atoms with van der Waals surface area (Å²) < 4.78 is 10.9. The number of anilines is 1. The highest BCUT2D eigenvalue weighted by Crippen LogP contribution is 2.23. The minimum absolute atomic E-state index is 0.330. The predicted molar refractivity (Wildman–Crippen MR) is 133 cm³/mol. The maximum absolute atomic E-state index is 12.5. The van der Waals surface area contributed by atoms with Crippen LogP contribution in [0.2, 0.25) is 0 Å². The minimum atomic E-state index is -0.593. The number of carbonyl (C=O) groups is 2. The first-order chi connectivity index (χ1) is 17.1. The molecule has 0 aliphatic carbocycles. The van der Waals surface area contributed by atoms with Gasteiger partial charge in [0.1, 0.15) is 17.3 Å². The van der Waals surface area contributed by atoms with Crippen LogP contribution in [0.3, 0.4) is 0 Å². The van der Waals surface area contributed by atoms with Gasteiger partial charge >= 0.3 is 5.97 Å². The molecular weight excluding hydrogens is 442 g/mol. The van der Waals surface area contributed by atoms with Crippen LogP contribution >= 0.6 is 0 Å². The molecule has 35 heavy (non-hydrogen) atoms. The second-order valence-corrected chi connectivity index (χ2v) is 7.75. The lowest BCUT2D eigenvalue weighted by Crippen LogP contribution is -2.20. The molecule has 0 bridgehead atoms. The number of aromatic nitrogens is 2. The van der Waals surface area contributed by atoms with Crippen LogP contribution in [0.5, 0.6) is 11.5 Å². The first-order valence-electron chi connectivity index (χ1n) is 11.0. The molecule has 5 rings (SSSR count). The molecule has 0 spiro atoms. The zero-order valence-electron chi connectivity index (χ0n) is 18.6. The smallest absolute Gasteiger partial charge is 0.338 e. The molecule has 0 aliphatic heterocycles. The van der Waals surface area contributed by atoms with Crippen LogP contribution in [0.15, 0.2) is 103 Å². The van der Waals surface area contributed by atoms with Crippen LogP contribution in [0.4, 0.5) is 5.69 Å². The van der Waals surface area contributed by atoms with Crippen molar-refractivity contribution in [3.05, 3.63) is 109 Å². The van der Waals surface area contributed by atoms with Crippen molar-refractivity contribution >= 4 is 28.6 Å². The van der Waals surface area contributed by atoms with E-state index in [1.165, 1.54) is 0 Å². The Bertz CT molecular complexity index is 1460. The summed E-state index contributed by atoms with van der Waals surface area (Å²) in [6, 6.07) is 31.1. The fourth-order valence-electron chi connectivity index (χ4n) is 3.51. The average Bonchev–Trinajstić information content (AvgIpc) is 3.33. The quantitative estimate of drug-likeness (QED) is 0.297. The number of carbonyl (C=O) groups excluding carboxylic acids is 2. The number of fused-ring (bicyclic) bond motifs is 1. The van der Waals surface area contributed by atoms with Gasteiger partial charge in [-0.3, -0.25) is 4.79 Å². The van der Waals surface area contributed by atoms with Crippen LogP contribution < -0.4 is 10.1 Å². The predicted octanol–water partition coefficient (Wildman–Crippen LogP) is 5.82. The average molecular weight is 463 g/mol. The van der Waals surface area contributed by atoms with Crippen molar-refractivity contribution in [2.24, 2.45) is 0 Å². The molecule has 1 aromatic heterocycles. The summed E-state index contributed by atoms with van der Waals surface area (Å²) in [5.41, 5.74) is 3.29. The Morgan fingerprint density at radius 1 is 0.800 bits per heavy atom. The van der Waals surface area contributed by atoms with E-state index in [1.54, 1.807) is 42.5 Å². The fraction of sp³-hybridized carbons (Fsp3) is 0.0357. The van der Waals surface area contributed by atoms with Crippen LogP contribution in [-0.4, -0.2) is 28.5 Å². The molecule has 0 fully saturated rings. The van der Waals surface area contributed by atoms with Crippen molar-refractivity contribution in [1.82, 2.24) is 9.97 Å². The molecule has 0 saturated heterocycles. The number of ether oxygens (including phenoxy) is 2. The van der Waals surface area contributed by atoms with Crippen molar-refractivity contribution in [3.8, 4) is 22.9 Å². The van der Waals surface area contributed by atoms with Gasteiger partial charge in [0.2, 0.25) is 0 Å². The number of para-hydroxylation sites is 1. The lowest BCUT2D eigenvalue weighted by Gasteiger charge is -2.09. The zero-order valence-corrected chi connectivity index (χ0v) is 18.6. The second kappa shape index (κ2) is 9.93. The molecule has 0 radical (unpaired) electrons. The SMILES string of the molecule is O=C(COC(=O)c1ccc2nc(-c3ccccc3)[nH]c2c1)Nc1ccc(Oc2ccccc2)cc1. The molecule has 7 heteroatoms. The highest BCUT2D eigenvalue weighted by atomic mass is 16.5. The molecule has 7 nitrogen and oxygen atoms in total. The molecule has 172 valence electrons. The number of hydrogen-bond donors (Lipinski definition) is 2. The summed E-state index contributed by atoms with van der Waals surface area (Å²) in [6.07, 6.45) is 0. The Balaban J connectivity index is 1.16. The maximum atomic E-state index is 12.5. The normalized spacial score (nSPS) is 10.6. The Labute approximate surface area is 201 Å². The van der Waals surface area contributed by atoms with E-state index in [4.69, 9.17) is 9.47 Å². The van der Waals surface area contributed by atoms with Gasteiger partial charge in [-0.25, -0.2) is 9.78 Å². The summed E-state index contributed by atoms with van der Waals surface area (Å²) >= 11 is 0. The molecule has 1 heterocycles.